The number of rotatable bonds is 5. The standard InChI is InChI=1S/C18H27FN2O/c1-4-5-6-18(22)21-12-11-17(20(2)3)16(13-21)14-7-9-15(19)10-8-14/h7-10,16-17H,4-6,11-13H2,1-3H3. The number of benzene rings is 1. The highest BCUT2D eigenvalue weighted by molar-refractivity contribution is 5.76. The van der Waals surface area contributed by atoms with Gasteiger partial charge < -0.3 is 9.80 Å². The quantitative estimate of drug-likeness (QED) is 0.833. The van der Waals surface area contributed by atoms with Gasteiger partial charge in [-0.15, -0.1) is 0 Å². The number of hydrogen-bond donors (Lipinski definition) is 0. The van der Waals surface area contributed by atoms with E-state index in [4.69, 9.17) is 0 Å². The van der Waals surface area contributed by atoms with E-state index < -0.39 is 0 Å². The van der Waals surface area contributed by atoms with Gasteiger partial charge in [-0.05, 0) is 44.6 Å². The van der Waals surface area contributed by atoms with Crippen molar-refractivity contribution in [1.29, 1.82) is 0 Å². The number of halogens is 1. The van der Waals surface area contributed by atoms with Crippen LogP contribution in [0.5, 0.6) is 0 Å². The maximum Gasteiger partial charge on any atom is 0.222 e. The average molecular weight is 306 g/mol. The van der Waals surface area contributed by atoms with Crippen LogP contribution in [0.2, 0.25) is 0 Å². The van der Waals surface area contributed by atoms with Crippen molar-refractivity contribution < 1.29 is 9.18 Å². The molecular formula is C18H27FN2O. The van der Waals surface area contributed by atoms with Gasteiger partial charge in [-0.25, -0.2) is 4.39 Å². The number of amides is 1. The molecule has 1 amide bonds. The van der Waals surface area contributed by atoms with Crippen LogP contribution in [0.3, 0.4) is 0 Å². The molecule has 0 radical (unpaired) electrons. The Morgan fingerprint density at radius 2 is 2.00 bits per heavy atom. The van der Waals surface area contributed by atoms with Crippen molar-refractivity contribution in [2.45, 2.75) is 44.6 Å². The maximum atomic E-state index is 13.2. The number of likely N-dealkylation sites (N-methyl/N-ethyl adjacent to an activating group) is 1. The fraction of sp³-hybridized carbons (Fsp3) is 0.611. The van der Waals surface area contributed by atoms with Gasteiger partial charge in [0.2, 0.25) is 5.91 Å². The first-order valence-electron chi connectivity index (χ1n) is 8.22. The molecule has 2 unspecified atom stereocenters. The van der Waals surface area contributed by atoms with E-state index in [1.807, 2.05) is 17.0 Å². The van der Waals surface area contributed by atoms with E-state index in [2.05, 4.69) is 25.9 Å². The molecule has 3 nitrogen and oxygen atoms in total. The highest BCUT2D eigenvalue weighted by Gasteiger charge is 2.33. The van der Waals surface area contributed by atoms with Gasteiger partial charge in [-0.3, -0.25) is 4.79 Å². The topological polar surface area (TPSA) is 23.6 Å². The summed E-state index contributed by atoms with van der Waals surface area (Å²) in [6.45, 7) is 3.66. The Morgan fingerprint density at radius 1 is 1.32 bits per heavy atom. The summed E-state index contributed by atoms with van der Waals surface area (Å²) in [4.78, 5) is 16.5. The number of piperidine rings is 1. The second kappa shape index (κ2) is 7.73. The Balaban J connectivity index is 2.14. The number of unbranched alkanes of at least 4 members (excludes halogenated alkanes) is 1. The second-order valence-corrected chi connectivity index (χ2v) is 6.42. The monoisotopic (exact) mass is 306 g/mol. The number of carbonyl (C=O) groups is 1. The van der Waals surface area contributed by atoms with Crippen LogP contribution in [0, 0.1) is 5.82 Å². The molecule has 0 spiro atoms. The van der Waals surface area contributed by atoms with Gasteiger partial charge in [0, 0.05) is 31.5 Å². The van der Waals surface area contributed by atoms with Crippen LogP contribution in [0.15, 0.2) is 24.3 Å². The summed E-state index contributed by atoms with van der Waals surface area (Å²) in [5.41, 5.74) is 1.12. The summed E-state index contributed by atoms with van der Waals surface area (Å²) in [5.74, 6) is 0.290. The summed E-state index contributed by atoms with van der Waals surface area (Å²) in [7, 11) is 4.16. The zero-order valence-electron chi connectivity index (χ0n) is 13.9. The van der Waals surface area contributed by atoms with Crippen molar-refractivity contribution in [2.24, 2.45) is 0 Å². The zero-order chi connectivity index (χ0) is 16.1. The summed E-state index contributed by atoms with van der Waals surface area (Å²) < 4.78 is 13.2. The third-order valence-electron chi connectivity index (χ3n) is 4.63. The molecular weight excluding hydrogens is 279 g/mol. The van der Waals surface area contributed by atoms with Crippen LogP contribution in [0.1, 0.15) is 44.1 Å². The lowest BCUT2D eigenvalue weighted by molar-refractivity contribution is -0.133. The minimum absolute atomic E-state index is 0.211. The van der Waals surface area contributed by atoms with Gasteiger partial charge >= 0.3 is 0 Å². The molecule has 1 aromatic carbocycles. The molecule has 0 N–H and O–H groups in total. The molecule has 1 fully saturated rings. The van der Waals surface area contributed by atoms with Crippen molar-refractivity contribution in [3.8, 4) is 0 Å². The third-order valence-corrected chi connectivity index (χ3v) is 4.63. The molecule has 1 aliphatic rings. The number of likely N-dealkylation sites (tertiary alicyclic amines) is 1. The Morgan fingerprint density at radius 3 is 2.59 bits per heavy atom. The van der Waals surface area contributed by atoms with E-state index in [0.29, 0.717) is 12.5 Å². The largest absolute Gasteiger partial charge is 0.342 e. The minimum Gasteiger partial charge on any atom is -0.342 e. The summed E-state index contributed by atoms with van der Waals surface area (Å²) >= 11 is 0. The van der Waals surface area contributed by atoms with Gasteiger partial charge in [0.1, 0.15) is 5.82 Å². The second-order valence-electron chi connectivity index (χ2n) is 6.42. The molecule has 0 bridgehead atoms. The number of hydrogen-bond acceptors (Lipinski definition) is 2. The van der Waals surface area contributed by atoms with E-state index in [1.165, 1.54) is 12.1 Å². The van der Waals surface area contributed by atoms with Crippen molar-refractivity contribution in [1.82, 2.24) is 9.80 Å². The zero-order valence-corrected chi connectivity index (χ0v) is 13.9. The summed E-state index contributed by atoms with van der Waals surface area (Å²) in [6, 6.07) is 7.13. The molecule has 4 heteroatoms. The van der Waals surface area contributed by atoms with Crippen molar-refractivity contribution >= 4 is 5.91 Å². The molecule has 1 aromatic rings. The predicted octanol–water partition coefficient (Wildman–Crippen LogP) is 3.26. The van der Waals surface area contributed by atoms with Gasteiger partial charge in [-0.2, -0.15) is 0 Å². The lowest BCUT2D eigenvalue weighted by Gasteiger charge is -2.42. The van der Waals surface area contributed by atoms with E-state index in [1.54, 1.807) is 0 Å². The molecule has 0 aromatic heterocycles. The first-order chi connectivity index (χ1) is 10.5. The molecule has 1 heterocycles. The van der Waals surface area contributed by atoms with Gasteiger partial charge in [0.05, 0.1) is 0 Å². The van der Waals surface area contributed by atoms with Crippen LogP contribution in [-0.2, 0) is 4.79 Å². The Hall–Kier alpha value is -1.42. The maximum absolute atomic E-state index is 13.2. The first kappa shape index (κ1) is 16.9. The van der Waals surface area contributed by atoms with Crippen molar-refractivity contribution in [3.05, 3.63) is 35.6 Å². The van der Waals surface area contributed by atoms with Crippen LogP contribution in [0.4, 0.5) is 4.39 Å². The van der Waals surface area contributed by atoms with Gasteiger partial charge in [0.15, 0.2) is 0 Å². The van der Waals surface area contributed by atoms with E-state index in [9.17, 15) is 9.18 Å². The van der Waals surface area contributed by atoms with Crippen LogP contribution in [0.25, 0.3) is 0 Å². The summed E-state index contributed by atoms with van der Waals surface area (Å²) in [6.07, 6.45) is 3.60. The molecule has 22 heavy (non-hydrogen) atoms. The van der Waals surface area contributed by atoms with Gasteiger partial charge in [-0.1, -0.05) is 25.5 Å². The first-order valence-corrected chi connectivity index (χ1v) is 8.22. The molecule has 1 aliphatic heterocycles. The molecule has 0 saturated carbocycles. The Kier molecular flexibility index (Phi) is 5.95. The van der Waals surface area contributed by atoms with E-state index >= 15 is 0 Å². The minimum atomic E-state index is -0.211. The van der Waals surface area contributed by atoms with Crippen LogP contribution >= 0.6 is 0 Å². The highest BCUT2D eigenvalue weighted by Crippen LogP contribution is 2.30. The predicted molar refractivity (Wildman–Crippen MR) is 87.3 cm³/mol. The van der Waals surface area contributed by atoms with Crippen molar-refractivity contribution in [2.75, 3.05) is 27.2 Å². The normalized spacial score (nSPS) is 22.1. The Labute approximate surface area is 133 Å². The third kappa shape index (κ3) is 4.07. The number of nitrogens with zero attached hydrogens (tertiary/aromatic N) is 2. The summed E-state index contributed by atoms with van der Waals surface area (Å²) in [5, 5.41) is 0. The lowest BCUT2D eigenvalue weighted by Crippen LogP contribution is -2.49. The average Bonchev–Trinajstić information content (AvgIpc) is 2.52. The van der Waals surface area contributed by atoms with Crippen LogP contribution in [-0.4, -0.2) is 48.9 Å². The van der Waals surface area contributed by atoms with E-state index in [0.717, 1.165) is 37.9 Å². The molecule has 2 atom stereocenters. The molecule has 122 valence electrons. The fourth-order valence-electron chi connectivity index (χ4n) is 3.31. The molecule has 0 aliphatic carbocycles. The highest BCUT2D eigenvalue weighted by atomic mass is 19.1. The fourth-order valence-corrected chi connectivity index (χ4v) is 3.31. The lowest BCUT2D eigenvalue weighted by atomic mass is 9.85. The van der Waals surface area contributed by atoms with Crippen LogP contribution < -0.4 is 0 Å². The van der Waals surface area contributed by atoms with Gasteiger partial charge in [0.25, 0.3) is 0 Å². The SMILES string of the molecule is CCCCC(=O)N1CCC(N(C)C)C(c2ccc(F)cc2)C1. The molecule has 1 saturated heterocycles. The molecule has 2 rings (SSSR count). The smallest absolute Gasteiger partial charge is 0.222 e. The van der Waals surface area contributed by atoms with Crippen molar-refractivity contribution in [3.63, 3.8) is 0 Å². The number of carbonyl (C=O) groups excluding carboxylic acids is 1. The Bertz CT molecular complexity index is 486. The van der Waals surface area contributed by atoms with E-state index in [-0.39, 0.29) is 17.6 Å².